The van der Waals surface area contributed by atoms with Crippen LogP contribution in [-0.4, -0.2) is 25.9 Å². The van der Waals surface area contributed by atoms with Gasteiger partial charge in [0.25, 0.3) is 0 Å². The first-order valence-electron chi connectivity index (χ1n) is 11.8. The number of benzene rings is 3. The molecule has 2 aliphatic rings. The third-order valence-corrected chi connectivity index (χ3v) is 7.11. The molecule has 6 nitrogen and oxygen atoms in total. The van der Waals surface area contributed by atoms with E-state index in [0.29, 0.717) is 34.9 Å². The zero-order valence-corrected chi connectivity index (χ0v) is 21.1. The van der Waals surface area contributed by atoms with Crippen LogP contribution in [0.15, 0.2) is 78.0 Å². The molecule has 2 atom stereocenters. The Morgan fingerprint density at radius 2 is 1.72 bits per heavy atom. The molecule has 1 aliphatic heterocycles. The summed E-state index contributed by atoms with van der Waals surface area (Å²) in [4.78, 5) is 28.7. The molecule has 184 valence electrons. The summed E-state index contributed by atoms with van der Waals surface area (Å²) in [5.41, 5.74) is 4.70. The molecular weight excluding hydrogens is 476 g/mol. The van der Waals surface area contributed by atoms with Crippen LogP contribution in [0.5, 0.6) is 11.5 Å². The van der Waals surface area contributed by atoms with E-state index in [2.05, 4.69) is 5.32 Å². The summed E-state index contributed by atoms with van der Waals surface area (Å²) in [7, 11) is 3.20. The van der Waals surface area contributed by atoms with Gasteiger partial charge in [-0.2, -0.15) is 0 Å². The highest BCUT2D eigenvalue weighted by molar-refractivity contribution is 6.30. The van der Waals surface area contributed by atoms with Crippen molar-refractivity contribution in [3.63, 3.8) is 0 Å². The molecule has 0 saturated heterocycles. The number of carbonyl (C=O) groups excluding carboxylic acids is 2. The Balaban J connectivity index is 1.67. The Labute approximate surface area is 215 Å². The molecule has 0 saturated carbocycles. The second-order valence-corrected chi connectivity index (χ2v) is 9.46. The van der Waals surface area contributed by atoms with Crippen molar-refractivity contribution in [2.24, 2.45) is 0 Å². The zero-order valence-electron chi connectivity index (χ0n) is 20.4. The van der Waals surface area contributed by atoms with Crippen LogP contribution in [0.1, 0.15) is 42.9 Å². The number of fused-ring (bicyclic) bond motifs is 1. The molecule has 3 aromatic carbocycles. The first-order chi connectivity index (χ1) is 17.4. The van der Waals surface area contributed by atoms with Gasteiger partial charge in [0, 0.05) is 29.6 Å². The molecule has 0 unspecified atom stereocenters. The van der Waals surface area contributed by atoms with E-state index in [9.17, 15) is 9.59 Å². The number of hydrogen-bond acceptors (Lipinski definition) is 5. The monoisotopic (exact) mass is 502 g/mol. The highest BCUT2D eigenvalue weighted by Crippen LogP contribution is 2.48. The molecule has 0 spiro atoms. The zero-order chi connectivity index (χ0) is 25.4. The molecule has 0 bridgehead atoms. The van der Waals surface area contributed by atoms with Crippen molar-refractivity contribution in [1.29, 1.82) is 0 Å². The highest BCUT2D eigenvalue weighted by Gasteiger charge is 2.41. The minimum atomic E-state index is -0.591. The second kappa shape index (κ2) is 9.70. The van der Waals surface area contributed by atoms with Gasteiger partial charge in [0.15, 0.2) is 17.3 Å². The first-order valence-corrected chi connectivity index (χ1v) is 12.2. The number of allylic oxidation sites excluding steroid dienone is 1. The lowest BCUT2D eigenvalue weighted by Gasteiger charge is -2.34. The number of nitrogens with zero attached hydrogens (tertiary/aromatic N) is 1. The lowest BCUT2D eigenvalue weighted by atomic mass is 9.78. The van der Waals surface area contributed by atoms with Crippen molar-refractivity contribution in [2.45, 2.75) is 31.7 Å². The van der Waals surface area contributed by atoms with E-state index >= 15 is 0 Å². The number of ketones is 1. The third-order valence-electron chi connectivity index (χ3n) is 6.87. The number of anilines is 2. The predicted octanol–water partition coefficient (Wildman–Crippen LogP) is 6.28. The van der Waals surface area contributed by atoms with Crippen molar-refractivity contribution < 1.29 is 19.1 Å². The molecule has 1 heterocycles. The Morgan fingerprint density at radius 3 is 2.44 bits per heavy atom. The van der Waals surface area contributed by atoms with Gasteiger partial charge in [0.05, 0.1) is 31.6 Å². The lowest BCUT2D eigenvalue weighted by Crippen LogP contribution is -2.37. The molecular formula is C29H27ClN2O4. The molecule has 36 heavy (non-hydrogen) atoms. The van der Waals surface area contributed by atoms with Crippen molar-refractivity contribution in [1.82, 2.24) is 0 Å². The van der Waals surface area contributed by atoms with Crippen LogP contribution in [0.4, 0.5) is 11.4 Å². The van der Waals surface area contributed by atoms with Gasteiger partial charge in [0.2, 0.25) is 5.91 Å². The Kier molecular flexibility index (Phi) is 6.46. The molecule has 1 amide bonds. The van der Waals surface area contributed by atoms with Crippen LogP contribution in [0.2, 0.25) is 5.02 Å². The maximum Gasteiger partial charge on any atom is 0.224 e. The number of Topliss-reactive ketones (excluding diaryl/α,β-unsaturated/α-hetero) is 1. The van der Waals surface area contributed by atoms with Gasteiger partial charge in [-0.3, -0.25) is 14.5 Å². The summed E-state index contributed by atoms with van der Waals surface area (Å²) in [5.74, 6) is 1.05. The molecule has 0 radical (unpaired) electrons. The van der Waals surface area contributed by atoms with Gasteiger partial charge in [0.1, 0.15) is 0 Å². The maximum atomic E-state index is 13.9. The number of amides is 1. The summed E-state index contributed by atoms with van der Waals surface area (Å²) < 4.78 is 10.9. The molecule has 5 rings (SSSR count). The topological polar surface area (TPSA) is 67.9 Å². The fraction of sp³-hybridized carbons (Fsp3) is 0.241. The SMILES string of the molecule is COc1ccc([C@H]2CC(=O)C3=C(C2)Nc2ccccc2N(C(C)=O)[C@H]3c2cccc(Cl)c2)cc1OC. The summed E-state index contributed by atoms with van der Waals surface area (Å²) in [6.07, 6.45) is 0.919. The van der Waals surface area contributed by atoms with Crippen molar-refractivity contribution >= 4 is 34.7 Å². The quantitative estimate of drug-likeness (QED) is 0.455. The second-order valence-electron chi connectivity index (χ2n) is 9.02. The highest BCUT2D eigenvalue weighted by atomic mass is 35.5. The number of methoxy groups -OCH3 is 2. The standard InChI is InChI=1S/C29H27ClN2O4/c1-17(33)32-24-10-5-4-9-22(24)31-23-14-20(18-11-12-26(35-2)27(16-18)36-3)15-25(34)28(23)29(32)19-7-6-8-21(30)13-19/h4-13,16,20,29,31H,14-15H2,1-3H3/t20-,29+/m1/s1. The van der Waals surface area contributed by atoms with Gasteiger partial charge in [-0.25, -0.2) is 0 Å². The molecule has 0 aromatic heterocycles. The van der Waals surface area contributed by atoms with Crippen LogP contribution in [0.3, 0.4) is 0 Å². The average Bonchev–Trinajstić information content (AvgIpc) is 3.03. The minimum absolute atomic E-state index is 0.00688. The van der Waals surface area contributed by atoms with Gasteiger partial charge >= 0.3 is 0 Å². The van der Waals surface area contributed by atoms with Gasteiger partial charge in [-0.15, -0.1) is 0 Å². The smallest absolute Gasteiger partial charge is 0.224 e. The minimum Gasteiger partial charge on any atom is -0.493 e. The maximum absolute atomic E-state index is 13.9. The summed E-state index contributed by atoms with van der Waals surface area (Å²) >= 11 is 6.36. The predicted molar refractivity (Wildman–Crippen MR) is 141 cm³/mol. The average molecular weight is 503 g/mol. The normalized spacial score (nSPS) is 19.1. The van der Waals surface area contributed by atoms with Crippen LogP contribution < -0.4 is 19.7 Å². The van der Waals surface area contributed by atoms with Gasteiger partial charge < -0.3 is 14.8 Å². The van der Waals surface area contributed by atoms with E-state index < -0.39 is 6.04 Å². The molecule has 7 heteroatoms. The number of hydrogen-bond donors (Lipinski definition) is 1. The van der Waals surface area contributed by atoms with Crippen LogP contribution in [-0.2, 0) is 9.59 Å². The number of rotatable bonds is 4. The van der Waals surface area contributed by atoms with E-state index in [-0.39, 0.29) is 17.6 Å². The number of para-hydroxylation sites is 2. The summed E-state index contributed by atoms with van der Waals surface area (Å²) in [5, 5.41) is 4.07. The van der Waals surface area contributed by atoms with Crippen LogP contribution in [0, 0.1) is 0 Å². The first kappa shape index (κ1) is 23.9. The van der Waals surface area contributed by atoms with Crippen molar-refractivity contribution in [3.8, 4) is 11.5 Å². The largest absolute Gasteiger partial charge is 0.493 e. The molecule has 0 fully saturated rings. The molecule has 3 aromatic rings. The van der Waals surface area contributed by atoms with Crippen molar-refractivity contribution in [2.75, 3.05) is 24.4 Å². The van der Waals surface area contributed by atoms with Gasteiger partial charge in [-0.1, -0.05) is 41.9 Å². The Hall–Kier alpha value is -3.77. The summed E-state index contributed by atoms with van der Waals surface area (Å²) in [6, 6.07) is 20.2. The number of carbonyl (C=O) groups is 2. The summed E-state index contributed by atoms with van der Waals surface area (Å²) in [6.45, 7) is 1.53. The fourth-order valence-electron chi connectivity index (χ4n) is 5.27. The Morgan fingerprint density at radius 1 is 0.944 bits per heavy atom. The Bertz CT molecular complexity index is 1380. The van der Waals surface area contributed by atoms with E-state index in [1.165, 1.54) is 6.92 Å². The van der Waals surface area contributed by atoms with Crippen LogP contribution >= 0.6 is 11.6 Å². The molecule has 1 aliphatic carbocycles. The fourth-order valence-corrected chi connectivity index (χ4v) is 5.47. The van der Waals surface area contributed by atoms with Gasteiger partial charge in [-0.05, 0) is 59.9 Å². The van der Waals surface area contributed by atoms with E-state index in [0.717, 1.165) is 28.2 Å². The lowest BCUT2D eigenvalue weighted by molar-refractivity contribution is -0.117. The van der Waals surface area contributed by atoms with Crippen LogP contribution in [0.25, 0.3) is 0 Å². The van der Waals surface area contributed by atoms with Crippen molar-refractivity contribution in [3.05, 3.63) is 94.1 Å². The molecule has 1 N–H and O–H groups in total. The van der Waals surface area contributed by atoms with E-state index in [1.54, 1.807) is 25.2 Å². The number of ether oxygens (including phenoxy) is 2. The number of halogens is 1. The van der Waals surface area contributed by atoms with E-state index in [1.807, 2.05) is 60.7 Å². The number of nitrogens with one attached hydrogen (secondary N) is 1. The van der Waals surface area contributed by atoms with E-state index in [4.69, 9.17) is 21.1 Å². The third kappa shape index (κ3) is 4.22.